The molecule has 0 bridgehead atoms. The van der Waals surface area contributed by atoms with Crippen LogP contribution in [0.3, 0.4) is 0 Å². The Kier molecular flexibility index (Phi) is 5.99. The number of carbonyl (C=O) groups is 2. The fourth-order valence-electron chi connectivity index (χ4n) is 2.00. The summed E-state index contributed by atoms with van der Waals surface area (Å²) in [5.41, 5.74) is 1.64. The number of hydrogen-bond donors (Lipinski definition) is 2. The second-order valence-corrected chi connectivity index (χ2v) is 5.56. The van der Waals surface area contributed by atoms with Crippen LogP contribution in [0.25, 0.3) is 0 Å². The van der Waals surface area contributed by atoms with Crippen LogP contribution in [-0.2, 0) is 15.8 Å². The van der Waals surface area contributed by atoms with Crippen LogP contribution in [0.2, 0.25) is 5.02 Å². The molecule has 2 aromatic rings. The van der Waals surface area contributed by atoms with Crippen molar-refractivity contribution in [2.24, 2.45) is 5.10 Å². The van der Waals surface area contributed by atoms with Crippen molar-refractivity contribution in [2.45, 2.75) is 13.1 Å². The minimum atomic E-state index is -4.56. The van der Waals surface area contributed by atoms with Crippen LogP contribution in [0.4, 0.5) is 18.9 Å². The van der Waals surface area contributed by atoms with Gasteiger partial charge >= 0.3 is 18.0 Å². The van der Waals surface area contributed by atoms with Gasteiger partial charge in [0.1, 0.15) is 0 Å². The van der Waals surface area contributed by atoms with E-state index in [0.29, 0.717) is 16.3 Å². The number of hydrazone groups is 1. The molecular formula is C17H13ClF3N3O2. The first-order valence-corrected chi connectivity index (χ1v) is 7.63. The molecule has 0 saturated heterocycles. The average Bonchev–Trinajstić information content (AvgIpc) is 2.58. The number of anilines is 1. The van der Waals surface area contributed by atoms with Crippen molar-refractivity contribution >= 4 is 35.3 Å². The number of rotatable bonds is 3. The number of nitrogens with zero attached hydrogens (tertiary/aromatic N) is 1. The lowest BCUT2D eigenvalue weighted by atomic mass is 10.1. The predicted molar refractivity (Wildman–Crippen MR) is 92.0 cm³/mol. The molecule has 0 saturated carbocycles. The summed E-state index contributed by atoms with van der Waals surface area (Å²) in [7, 11) is 0. The summed E-state index contributed by atoms with van der Waals surface area (Å²) in [6.07, 6.45) is -3.74. The van der Waals surface area contributed by atoms with Gasteiger partial charge in [0.15, 0.2) is 0 Å². The lowest BCUT2D eigenvalue weighted by Crippen LogP contribution is -2.32. The van der Waals surface area contributed by atoms with E-state index in [1.54, 1.807) is 25.1 Å². The van der Waals surface area contributed by atoms with E-state index in [2.05, 4.69) is 10.4 Å². The Morgan fingerprint density at radius 3 is 2.46 bits per heavy atom. The van der Waals surface area contributed by atoms with E-state index in [1.807, 2.05) is 5.43 Å². The minimum absolute atomic E-state index is 0.244. The lowest BCUT2D eigenvalue weighted by molar-refractivity contribution is -0.137. The molecule has 0 aliphatic heterocycles. The van der Waals surface area contributed by atoms with Gasteiger partial charge in [-0.15, -0.1) is 0 Å². The number of hydrogen-bond acceptors (Lipinski definition) is 3. The molecule has 5 nitrogen and oxygen atoms in total. The zero-order valence-corrected chi connectivity index (χ0v) is 14.2. The molecule has 136 valence electrons. The summed E-state index contributed by atoms with van der Waals surface area (Å²) in [5.74, 6) is -2.17. The van der Waals surface area contributed by atoms with Crippen LogP contribution < -0.4 is 10.7 Å². The van der Waals surface area contributed by atoms with Crippen molar-refractivity contribution in [2.75, 3.05) is 5.32 Å². The van der Waals surface area contributed by atoms with Crippen molar-refractivity contribution in [1.82, 2.24) is 5.43 Å². The monoisotopic (exact) mass is 383 g/mol. The third-order valence-electron chi connectivity index (χ3n) is 3.36. The Morgan fingerprint density at radius 2 is 1.77 bits per heavy atom. The van der Waals surface area contributed by atoms with Gasteiger partial charge in [-0.3, -0.25) is 9.59 Å². The Balaban J connectivity index is 2.04. The molecule has 2 rings (SSSR count). The van der Waals surface area contributed by atoms with Gasteiger partial charge in [0.25, 0.3) is 0 Å². The number of amides is 2. The predicted octanol–water partition coefficient (Wildman–Crippen LogP) is 3.76. The molecule has 0 atom stereocenters. The topological polar surface area (TPSA) is 70.6 Å². The Morgan fingerprint density at radius 1 is 1.08 bits per heavy atom. The second-order valence-electron chi connectivity index (χ2n) is 5.15. The Hall–Kier alpha value is -2.87. The second kappa shape index (κ2) is 8.01. The molecule has 2 amide bonds. The maximum Gasteiger partial charge on any atom is 0.417 e. The highest BCUT2D eigenvalue weighted by Gasteiger charge is 2.32. The molecule has 9 heteroatoms. The number of carbonyl (C=O) groups excluding carboxylic acids is 2. The molecule has 0 radical (unpaired) electrons. The summed E-state index contributed by atoms with van der Waals surface area (Å²) < 4.78 is 38.6. The molecule has 0 unspecified atom stereocenters. The number of halogens is 4. The smallest absolute Gasteiger partial charge is 0.317 e. The molecule has 0 aromatic heterocycles. The van der Waals surface area contributed by atoms with Gasteiger partial charge in [0.05, 0.1) is 11.8 Å². The van der Waals surface area contributed by atoms with E-state index in [4.69, 9.17) is 11.6 Å². The fourth-order valence-corrected chi connectivity index (χ4v) is 2.18. The van der Waals surface area contributed by atoms with Crippen LogP contribution >= 0.6 is 11.6 Å². The van der Waals surface area contributed by atoms with Crippen molar-refractivity contribution in [1.29, 1.82) is 0 Å². The van der Waals surface area contributed by atoms with Gasteiger partial charge < -0.3 is 5.32 Å². The van der Waals surface area contributed by atoms with Gasteiger partial charge in [-0.05, 0) is 30.7 Å². The van der Waals surface area contributed by atoms with Crippen LogP contribution in [-0.4, -0.2) is 18.0 Å². The van der Waals surface area contributed by atoms with E-state index in [1.165, 1.54) is 18.2 Å². The maximum absolute atomic E-state index is 12.9. The van der Waals surface area contributed by atoms with Gasteiger partial charge in [-0.2, -0.15) is 18.3 Å². The molecule has 0 fully saturated rings. The van der Waals surface area contributed by atoms with Gasteiger partial charge in [-0.25, -0.2) is 5.43 Å². The summed E-state index contributed by atoms with van der Waals surface area (Å²) >= 11 is 5.91. The van der Waals surface area contributed by atoms with E-state index in [9.17, 15) is 22.8 Å². The molecule has 0 heterocycles. The number of nitrogens with one attached hydrogen (secondary N) is 2. The Labute approximate surface area is 151 Å². The first-order valence-electron chi connectivity index (χ1n) is 7.26. The summed E-state index contributed by atoms with van der Waals surface area (Å²) in [6, 6.07) is 9.47. The van der Waals surface area contributed by atoms with Crippen molar-refractivity contribution in [3.8, 4) is 0 Å². The van der Waals surface area contributed by atoms with Crippen molar-refractivity contribution in [3.05, 3.63) is 64.2 Å². The Bertz CT molecular complexity index is 867. The van der Waals surface area contributed by atoms with Crippen LogP contribution in [0.15, 0.2) is 47.6 Å². The highest BCUT2D eigenvalue weighted by Crippen LogP contribution is 2.31. The summed E-state index contributed by atoms with van der Waals surface area (Å²) in [4.78, 5) is 23.5. The third-order valence-corrected chi connectivity index (χ3v) is 3.77. The molecule has 0 aliphatic rings. The highest BCUT2D eigenvalue weighted by atomic mass is 35.5. The molecule has 0 aliphatic carbocycles. The van der Waals surface area contributed by atoms with E-state index in [-0.39, 0.29) is 5.56 Å². The molecule has 26 heavy (non-hydrogen) atoms. The summed E-state index contributed by atoms with van der Waals surface area (Å²) in [5, 5.41) is 6.16. The SMILES string of the molecule is Cc1c(Cl)cccc1NC(=O)C(=O)N/N=C\c1ccccc1C(F)(F)F. The van der Waals surface area contributed by atoms with Gasteiger partial charge in [0.2, 0.25) is 0 Å². The first kappa shape index (κ1) is 19.5. The van der Waals surface area contributed by atoms with Crippen LogP contribution in [0.1, 0.15) is 16.7 Å². The minimum Gasteiger partial charge on any atom is -0.317 e. The van der Waals surface area contributed by atoms with Crippen molar-refractivity contribution in [3.63, 3.8) is 0 Å². The standard InChI is InChI=1S/C17H13ClF3N3O2/c1-10-13(18)7-4-8-14(10)23-15(25)16(26)24-22-9-11-5-2-3-6-12(11)17(19,20)21/h2-9H,1H3,(H,23,25)(H,24,26)/b22-9-. The van der Waals surface area contributed by atoms with Crippen LogP contribution in [0.5, 0.6) is 0 Å². The summed E-state index contributed by atoms with van der Waals surface area (Å²) in [6.45, 7) is 1.65. The van der Waals surface area contributed by atoms with E-state index < -0.39 is 23.6 Å². The van der Waals surface area contributed by atoms with E-state index >= 15 is 0 Å². The normalized spacial score (nSPS) is 11.4. The molecular weight excluding hydrogens is 371 g/mol. The van der Waals surface area contributed by atoms with Crippen LogP contribution in [0, 0.1) is 6.92 Å². The molecule has 2 N–H and O–H groups in total. The largest absolute Gasteiger partial charge is 0.417 e. The zero-order chi connectivity index (χ0) is 19.3. The lowest BCUT2D eigenvalue weighted by Gasteiger charge is -2.09. The zero-order valence-electron chi connectivity index (χ0n) is 13.4. The fraction of sp³-hybridized carbons (Fsp3) is 0.118. The number of benzene rings is 2. The van der Waals surface area contributed by atoms with Gasteiger partial charge in [0, 0.05) is 16.3 Å². The average molecular weight is 384 g/mol. The maximum atomic E-state index is 12.9. The molecule has 0 spiro atoms. The van der Waals surface area contributed by atoms with E-state index in [0.717, 1.165) is 12.3 Å². The third kappa shape index (κ3) is 4.82. The van der Waals surface area contributed by atoms with Gasteiger partial charge in [-0.1, -0.05) is 35.9 Å². The number of alkyl halides is 3. The van der Waals surface area contributed by atoms with Crippen molar-refractivity contribution < 1.29 is 22.8 Å². The molecule has 2 aromatic carbocycles. The quantitative estimate of drug-likeness (QED) is 0.481. The highest BCUT2D eigenvalue weighted by molar-refractivity contribution is 6.40. The first-order chi connectivity index (χ1) is 12.2.